The van der Waals surface area contributed by atoms with Crippen LogP contribution < -0.4 is 0 Å². The monoisotopic (exact) mass is 351 g/mol. The SMILES string of the molecule is CCCCCCc1ccc(-c2ccc([C@H]3CC[C@H](CO)CC3)cc2)nc1. The molecule has 1 aliphatic rings. The van der Waals surface area contributed by atoms with E-state index in [9.17, 15) is 5.11 Å². The van der Waals surface area contributed by atoms with Gasteiger partial charge in [-0.05, 0) is 67.6 Å². The molecule has 1 aromatic heterocycles. The quantitative estimate of drug-likeness (QED) is 0.580. The Morgan fingerprint density at radius 1 is 0.923 bits per heavy atom. The molecular formula is C24H33NO. The Bertz CT molecular complexity index is 639. The van der Waals surface area contributed by atoms with Crippen LogP contribution in [0.4, 0.5) is 0 Å². The van der Waals surface area contributed by atoms with Crippen LogP contribution in [0.15, 0.2) is 42.6 Å². The first-order valence-corrected chi connectivity index (χ1v) is 10.5. The summed E-state index contributed by atoms with van der Waals surface area (Å²) < 4.78 is 0. The molecule has 1 fully saturated rings. The third-order valence-electron chi connectivity index (χ3n) is 5.93. The number of hydrogen-bond acceptors (Lipinski definition) is 2. The van der Waals surface area contributed by atoms with E-state index in [0.717, 1.165) is 25.0 Å². The van der Waals surface area contributed by atoms with Gasteiger partial charge in [0, 0.05) is 18.4 Å². The second-order valence-corrected chi connectivity index (χ2v) is 7.88. The van der Waals surface area contributed by atoms with E-state index in [2.05, 4.69) is 48.3 Å². The van der Waals surface area contributed by atoms with Gasteiger partial charge in [0.1, 0.15) is 0 Å². The van der Waals surface area contributed by atoms with Crippen molar-refractivity contribution in [2.45, 2.75) is 70.6 Å². The molecule has 1 aliphatic carbocycles. The molecule has 1 heterocycles. The molecule has 140 valence electrons. The topological polar surface area (TPSA) is 33.1 Å². The van der Waals surface area contributed by atoms with Gasteiger partial charge in [0.2, 0.25) is 0 Å². The maximum Gasteiger partial charge on any atom is 0.0702 e. The Hall–Kier alpha value is -1.67. The summed E-state index contributed by atoms with van der Waals surface area (Å²) in [5, 5.41) is 9.29. The normalized spacial score (nSPS) is 20.2. The fourth-order valence-electron chi connectivity index (χ4n) is 4.10. The van der Waals surface area contributed by atoms with Gasteiger partial charge in [-0.3, -0.25) is 4.98 Å². The van der Waals surface area contributed by atoms with Gasteiger partial charge >= 0.3 is 0 Å². The van der Waals surface area contributed by atoms with Crippen molar-refractivity contribution < 1.29 is 5.11 Å². The molecule has 0 spiro atoms. The highest BCUT2D eigenvalue weighted by molar-refractivity contribution is 5.59. The molecule has 0 bridgehead atoms. The first-order valence-electron chi connectivity index (χ1n) is 10.5. The zero-order valence-electron chi connectivity index (χ0n) is 16.2. The van der Waals surface area contributed by atoms with Gasteiger partial charge in [0.15, 0.2) is 0 Å². The van der Waals surface area contributed by atoms with Crippen molar-refractivity contribution in [2.75, 3.05) is 6.61 Å². The third-order valence-corrected chi connectivity index (χ3v) is 5.93. The van der Waals surface area contributed by atoms with Crippen LogP contribution in [0.2, 0.25) is 0 Å². The molecule has 1 aromatic carbocycles. The molecule has 2 aromatic rings. The van der Waals surface area contributed by atoms with Crippen LogP contribution >= 0.6 is 0 Å². The molecule has 0 saturated heterocycles. The van der Waals surface area contributed by atoms with E-state index >= 15 is 0 Å². The van der Waals surface area contributed by atoms with Crippen molar-refractivity contribution in [1.29, 1.82) is 0 Å². The second-order valence-electron chi connectivity index (χ2n) is 7.88. The summed E-state index contributed by atoms with van der Waals surface area (Å²) in [5.74, 6) is 1.18. The largest absolute Gasteiger partial charge is 0.396 e. The number of aryl methyl sites for hydroxylation is 1. The molecule has 26 heavy (non-hydrogen) atoms. The van der Waals surface area contributed by atoms with Gasteiger partial charge < -0.3 is 5.11 Å². The molecule has 3 rings (SSSR count). The van der Waals surface area contributed by atoms with E-state index < -0.39 is 0 Å². The zero-order chi connectivity index (χ0) is 18.2. The Balaban J connectivity index is 1.56. The highest BCUT2D eigenvalue weighted by Crippen LogP contribution is 2.36. The summed E-state index contributed by atoms with van der Waals surface area (Å²) in [4.78, 5) is 4.68. The summed E-state index contributed by atoms with van der Waals surface area (Å²) in [6.07, 6.45) is 13.1. The Kier molecular flexibility index (Phi) is 7.25. The predicted molar refractivity (Wildman–Crippen MR) is 109 cm³/mol. The summed E-state index contributed by atoms with van der Waals surface area (Å²) in [6.45, 7) is 2.60. The van der Waals surface area contributed by atoms with Gasteiger partial charge in [-0.25, -0.2) is 0 Å². The average molecular weight is 352 g/mol. The molecule has 0 radical (unpaired) electrons. The highest BCUT2D eigenvalue weighted by Gasteiger charge is 2.21. The number of aliphatic hydroxyl groups is 1. The molecule has 1 saturated carbocycles. The second kappa shape index (κ2) is 9.87. The van der Waals surface area contributed by atoms with Crippen molar-refractivity contribution in [1.82, 2.24) is 4.98 Å². The van der Waals surface area contributed by atoms with Crippen LogP contribution in [0.5, 0.6) is 0 Å². The Labute approximate surface area is 158 Å². The molecular weight excluding hydrogens is 318 g/mol. The minimum absolute atomic E-state index is 0.353. The van der Waals surface area contributed by atoms with E-state index in [1.165, 1.54) is 55.2 Å². The van der Waals surface area contributed by atoms with Gasteiger partial charge in [0.25, 0.3) is 0 Å². The van der Waals surface area contributed by atoms with E-state index in [4.69, 9.17) is 0 Å². The van der Waals surface area contributed by atoms with E-state index in [-0.39, 0.29) is 0 Å². The first kappa shape index (κ1) is 19.1. The number of unbranched alkanes of at least 4 members (excludes halogenated alkanes) is 3. The van der Waals surface area contributed by atoms with E-state index in [0.29, 0.717) is 18.4 Å². The molecule has 0 unspecified atom stereocenters. The van der Waals surface area contributed by atoms with Crippen LogP contribution in [-0.2, 0) is 6.42 Å². The average Bonchev–Trinajstić information content (AvgIpc) is 2.72. The van der Waals surface area contributed by atoms with Crippen LogP contribution in [0.3, 0.4) is 0 Å². The number of nitrogens with zero attached hydrogens (tertiary/aromatic N) is 1. The first-order chi connectivity index (χ1) is 12.8. The molecule has 1 N–H and O–H groups in total. The van der Waals surface area contributed by atoms with Gasteiger partial charge in [-0.2, -0.15) is 0 Å². The number of pyridine rings is 1. The number of aromatic nitrogens is 1. The summed E-state index contributed by atoms with van der Waals surface area (Å²) >= 11 is 0. The summed E-state index contributed by atoms with van der Waals surface area (Å²) in [5.41, 5.74) is 5.06. The maximum absolute atomic E-state index is 9.29. The fourth-order valence-corrected chi connectivity index (χ4v) is 4.10. The van der Waals surface area contributed by atoms with Crippen molar-refractivity contribution in [3.05, 3.63) is 53.7 Å². The molecule has 2 heteroatoms. The third kappa shape index (κ3) is 5.17. The molecule has 2 nitrogen and oxygen atoms in total. The maximum atomic E-state index is 9.29. The van der Waals surface area contributed by atoms with Crippen molar-refractivity contribution in [2.24, 2.45) is 5.92 Å². The number of hydrogen-bond donors (Lipinski definition) is 1. The van der Waals surface area contributed by atoms with Gasteiger partial charge in [-0.1, -0.05) is 56.5 Å². The van der Waals surface area contributed by atoms with Crippen molar-refractivity contribution in [3.63, 3.8) is 0 Å². The molecule has 0 atom stereocenters. The molecule has 0 amide bonds. The zero-order valence-corrected chi connectivity index (χ0v) is 16.2. The van der Waals surface area contributed by atoms with E-state index in [1.807, 2.05) is 6.20 Å². The van der Waals surface area contributed by atoms with E-state index in [1.54, 1.807) is 0 Å². The minimum atomic E-state index is 0.353. The fraction of sp³-hybridized carbons (Fsp3) is 0.542. The Morgan fingerprint density at radius 3 is 2.31 bits per heavy atom. The summed E-state index contributed by atoms with van der Waals surface area (Å²) in [6, 6.07) is 13.4. The summed E-state index contributed by atoms with van der Waals surface area (Å²) in [7, 11) is 0. The van der Waals surface area contributed by atoms with Crippen LogP contribution in [-0.4, -0.2) is 16.7 Å². The van der Waals surface area contributed by atoms with Gasteiger partial charge in [-0.15, -0.1) is 0 Å². The molecule has 0 aliphatic heterocycles. The van der Waals surface area contributed by atoms with Crippen molar-refractivity contribution >= 4 is 0 Å². The lowest BCUT2D eigenvalue weighted by atomic mass is 9.79. The standard InChI is InChI=1S/C24H33NO/c1-2-3-4-5-6-19-9-16-24(25-17-19)23-14-12-22(13-15-23)21-10-7-20(18-26)8-11-21/h9,12-17,20-21,26H,2-8,10-11,18H2,1H3/t20-,21-. The van der Waals surface area contributed by atoms with Crippen molar-refractivity contribution in [3.8, 4) is 11.3 Å². The van der Waals surface area contributed by atoms with Crippen LogP contribution in [0.25, 0.3) is 11.3 Å². The number of rotatable bonds is 8. The lowest BCUT2D eigenvalue weighted by molar-refractivity contribution is 0.182. The highest BCUT2D eigenvalue weighted by atomic mass is 16.3. The number of aliphatic hydroxyl groups excluding tert-OH is 1. The van der Waals surface area contributed by atoms with Crippen LogP contribution in [0, 0.1) is 5.92 Å². The minimum Gasteiger partial charge on any atom is -0.396 e. The Morgan fingerprint density at radius 2 is 1.69 bits per heavy atom. The van der Waals surface area contributed by atoms with Crippen LogP contribution in [0.1, 0.15) is 75.3 Å². The lowest BCUT2D eigenvalue weighted by Crippen LogP contribution is -2.16. The number of benzene rings is 1. The van der Waals surface area contributed by atoms with Gasteiger partial charge in [0.05, 0.1) is 5.69 Å². The lowest BCUT2D eigenvalue weighted by Gasteiger charge is -2.27. The smallest absolute Gasteiger partial charge is 0.0702 e. The predicted octanol–water partition coefficient (Wildman–Crippen LogP) is 6.14.